The highest BCUT2D eigenvalue weighted by Gasteiger charge is 2.20. The molecule has 0 spiro atoms. The van der Waals surface area contributed by atoms with Gasteiger partial charge in [0.15, 0.2) is 0 Å². The minimum atomic E-state index is -0.121. The van der Waals surface area contributed by atoms with E-state index in [9.17, 15) is 9.90 Å². The Bertz CT molecular complexity index is 566. The van der Waals surface area contributed by atoms with E-state index in [2.05, 4.69) is 9.59 Å². The van der Waals surface area contributed by atoms with Crippen molar-refractivity contribution in [1.82, 2.24) is 9.59 Å². The fourth-order valence-corrected chi connectivity index (χ4v) is 2.40. The lowest BCUT2D eigenvalue weighted by molar-refractivity contribution is 0.0995. The molecular formula is C13H15N3O2S. The van der Waals surface area contributed by atoms with Gasteiger partial charge < -0.3 is 10.0 Å². The number of phenols is 1. The molecule has 0 aliphatic rings. The first-order valence-electron chi connectivity index (χ1n) is 6.01. The molecule has 6 heteroatoms. The molecule has 5 nitrogen and oxygen atoms in total. The Labute approximate surface area is 115 Å². The normalized spacial score (nSPS) is 10.4. The van der Waals surface area contributed by atoms with Gasteiger partial charge in [-0.1, -0.05) is 17.8 Å². The second-order valence-electron chi connectivity index (χ2n) is 4.18. The van der Waals surface area contributed by atoms with Crippen molar-refractivity contribution in [2.75, 3.05) is 11.9 Å². The molecule has 0 fully saturated rings. The Morgan fingerprint density at radius 3 is 2.68 bits per heavy atom. The van der Waals surface area contributed by atoms with Gasteiger partial charge in [-0.2, -0.15) is 0 Å². The average Bonchev–Trinajstić information content (AvgIpc) is 2.87. The number of carbonyl (C=O) groups is 1. The van der Waals surface area contributed by atoms with Crippen LogP contribution in [0.5, 0.6) is 5.75 Å². The summed E-state index contributed by atoms with van der Waals surface area (Å²) in [5.74, 6) is 0.0554. The SMILES string of the molecule is CCCc1nnsc1C(=O)N(C)c1ccc(O)cc1. The maximum absolute atomic E-state index is 12.4. The van der Waals surface area contributed by atoms with Crippen molar-refractivity contribution in [3.8, 4) is 5.75 Å². The topological polar surface area (TPSA) is 66.3 Å². The molecule has 0 saturated carbocycles. The van der Waals surface area contributed by atoms with Crippen LogP contribution in [0.4, 0.5) is 5.69 Å². The van der Waals surface area contributed by atoms with Crippen LogP contribution in [0.25, 0.3) is 0 Å². The fourth-order valence-electron chi connectivity index (χ4n) is 1.72. The van der Waals surface area contributed by atoms with Gasteiger partial charge in [0.25, 0.3) is 5.91 Å². The van der Waals surface area contributed by atoms with Crippen molar-refractivity contribution < 1.29 is 9.90 Å². The number of hydrogen-bond donors (Lipinski definition) is 1. The van der Waals surface area contributed by atoms with E-state index in [1.807, 2.05) is 6.92 Å². The largest absolute Gasteiger partial charge is 0.508 e. The molecule has 100 valence electrons. The first-order valence-corrected chi connectivity index (χ1v) is 6.79. The van der Waals surface area contributed by atoms with Gasteiger partial charge >= 0.3 is 0 Å². The summed E-state index contributed by atoms with van der Waals surface area (Å²) < 4.78 is 3.86. The molecule has 0 aliphatic heterocycles. The Morgan fingerprint density at radius 2 is 2.05 bits per heavy atom. The number of rotatable bonds is 4. The summed E-state index contributed by atoms with van der Waals surface area (Å²) in [5.41, 5.74) is 1.47. The zero-order chi connectivity index (χ0) is 13.8. The lowest BCUT2D eigenvalue weighted by Crippen LogP contribution is -2.26. The minimum absolute atomic E-state index is 0.121. The standard InChI is InChI=1S/C13H15N3O2S/c1-3-4-11-12(19-15-14-11)13(18)16(2)9-5-7-10(17)8-6-9/h5-8,17H,3-4H2,1-2H3. The summed E-state index contributed by atoms with van der Waals surface area (Å²) >= 11 is 1.12. The van der Waals surface area contributed by atoms with Crippen LogP contribution in [-0.2, 0) is 6.42 Å². The lowest BCUT2D eigenvalue weighted by Gasteiger charge is -2.16. The van der Waals surface area contributed by atoms with E-state index in [4.69, 9.17) is 0 Å². The van der Waals surface area contributed by atoms with Crippen molar-refractivity contribution in [3.05, 3.63) is 34.8 Å². The number of anilines is 1. The molecule has 0 atom stereocenters. The number of aryl methyl sites for hydroxylation is 1. The Hall–Kier alpha value is -1.95. The number of nitrogens with zero attached hydrogens (tertiary/aromatic N) is 3. The average molecular weight is 277 g/mol. The van der Waals surface area contributed by atoms with Crippen LogP contribution in [0.15, 0.2) is 24.3 Å². The zero-order valence-corrected chi connectivity index (χ0v) is 11.6. The van der Waals surface area contributed by atoms with Gasteiger partial charge in [0.1, 0.15) is 10.6 Å². The highest BCUT2D eigenvalue weighted by atomic mass is 32.1. The second kappa shape index (κ2) is 5.79. The first kappa shape index (κ1) is 13.5. The Morgan fingerprint density at radius 1 is 1.37 bits per heavy atom. The molecule has 0 saturated heterocycles. The van der Waals surface area contributed by atoms with E-state index < -0.39 is 0 Å². The van der Waals surface area contributed by atoms with E-state index in [0.29, 0.717) is 4.88 Å². The van der Waals surface area contributed by atoms with Gasteiger partial charge in [0.05, 0.1) is 5.69 Å². The summed E-state index contributed by atoms with van der Waals surface area (Å²) in [4.78, 5) is 14.5. The fraction of sp³-hybridized carbons (Fsp3) is 0.308. The third-order valence-electron chi connectivity index (χ3n) is 2.78. The van der Waals surface area contributed by atoms with Gasteiger partial charge in [0.2, 0.25) is 0 Å². The van der Waals surface area contributed by atoms with Crippen molar-refractivity contribution in [2.45, 2.75) is 19.8 Å². The third-order valence-corrected chi connectivity index (χ3v) is 3.53. The Kier molecular flexibility index (Phi) is 4.11. The Balaban J connectivity index is 2.23. The second-order valence-corrected chi connectivity index (χ2v) is 4.93. The third kappa shape index (κ3) is 2.90. The molecule has 1 aromatic carbocycles. The molecular weight excluding hydrogens is 262 g/mol. The summed E-state index contributed by atoms with van der Waals surface area (Å²) in [5, 5.41) is 13.3. The van der Waals surface area contributed by atoms with Crippen LogP contribution in [0.2, 0.25) is 0 Å². The zero-order valence-electron chi connectivity index (χ0n) is 10.8. The lowest BCUT2D eigenvalue weighted by atomic mass is 10.2. The molecule has 1 aromatic heterocycles. The number of aromatic hydroxyl groups is 1. The highest BCUT2D eigenvalue weighted by Crippen LogP contribution is 2.21. The molecule has 2 aromatic rings. The van der Waals surface area contributed by atoms with Gasteiger partial charge in [-0.3, -0.25) is 4.79 Å². The quantitative estimate of drug-likeness (QED) is 0.932. The number of hydrogen-bond acceptors (Lipinski definition) is 5. The molecule has 0 unspecified atom stereocenters. The van der Waals surface area contributed by atoms with Crippen LogP contribution in [0.1, 0.15) is 28.7 Å². The molecule has 0 radical (unpaired) electrons. The minimum Gasteiger partial charge on any atom is -0.508 e. The maximum atomic E-state index is 12.4. The van der Waals surface area contributed by atoms with Crippen LogP contribution >= 0.6 is 11.5 Å². The number of amides is 1. The van der Waals surface area contributed by atoms with Crippen LogP contribution in [0, 0.1) is 0 Å². The van der Waals surface area contributed by atoms with Gasteiger partial charge in [-0.15, -0.1) is 5.10 Å². The molecule has 1 amide bonds. The predicted octanol–water partition coefficient (Wildman–Crippen LogP) is 2.47. The summed E-state index contributed by atoms with van der Waals surface area (Å²) in [6.07, 6.45) is 1.68. The van der Waals surface area contributed by atoms with Crippen molar-refractivity contribution in [1.29, 1.82) is 0 Å². The van der Waals surface area contributed by atoms with E-state index in [1.165, 1.54) is 4.90 Å². The van der Waals surface area contributed by atoms with E-state index in [0.717, 1.165) is 35.8 Å². The predicted molar refractivity (Wildman–Crippen MR) is 74.7 cm³/mol. The number of benzene rings is 1. The van der Waals surface area contributed by atoms with E-state index in [-0.39, 0.29) is 11.7 Å². The maximum Gasteiger partial charge on any atom is 0.271 e. The van der Waals surface area contributed by atoms with Crippen LogP contribution in [0.3, 0.4) is 0 Å². The van der Waals surface area contributed by atoms with Crippen LogP contribution < -0.4 is 4.90 Å². The molecule has 1 N–H and O–H groups in total. The first-order chi connectivity index (χ1) is 9.13. The molecule has 19 heavy (non-hydrogen) atoms. The smallest absolute Gasteiger partial charge is 0.271 e. The van der Waals surface area contributed by atoms with Crippen LogP contribution in [-0.4, -0.2) is 27.6 Å². The van der Waals surface area contributed by atoms with Gasteiger partial charge in [-0.05, 0) is 42.2 Å². The highest BCUT2D eigenvalue weighted by molar-refractivity contribution is 7.08. The van der Waals surface area contributed by atoms with Gasteiger partial charge in [0, 0.05) is 12.7 Å². The number of aromatic nitrogens is 2. The van der Waals surface area contributed by atoms with Gasteiger partial charge in [-0.25, -0.2) is 0 Å². The van der Waals surface area contributed by atoms with Crippen molar-refractivity contribution in [3.63, 3.8) is 0 Å². The molecule has 2 rings (SSSR count). The van der Waals surface area contributed by atoms with Crippen molar-refractivity contribution in [2.24, 2.45) is 0 Å². The molecule has 1 heterocycles. The van der Waals surface area contributed by atoms with E-state index in [1.54, 1.807) is 31.3 Å². The molecule has 0 aliphatic carbocycles. The summed E-state index contributed by atoms with van der Waals surface area (Å²) in [7, 11) is 1.70. The number of phenolic OH excluding ortho intramolecular Hbond substituents is 1. The molecule has 0 bridgehead atoms. The summed E-state index contributed by atoms with van der Waals surface area (Å²) in [6, 6.07) is 6.50. The van der Waals surface area contributed by atoms with Crippen molar-refractivity contribution >= 4 is 23.1 Å². The van der Waals surface area contributed by atoms with E-state index >= 15 is 0 Å². The number of carbonyl (C=O) groups excluding carboxylic acids is 1. The monoisotopic (exact) mass is 277 g/mol. The summed E-state index contributed by atoms with van der Waals surface area (Å²) in [6.45, 7) is 2.04.